The van der Waals surface area contributed by atoms with Crippen LogP contribution < -0.4 is 21.1 Å². The number of hydrogen-bond acceptors (Lipinski definition) is 9. The minimum Gasteiger partial charge on any atom is -0.383 e. The average molecular weight is 503 g/mol. The molecule has 0 aromatic carbocycles. The van der Waals surface area contributed by atoms with Gasteiger partial charge >= 0.3 is 6.03 Å². The number of amides is 2. The number of hydrogen-bond donors (Lipinski definition) is 2. The second-order valence-electron chi connectivity index (χ2n) is 8.44. The Balaban J connectivity index is 1.59. The van der Waals surface area contributed by atoms with E-state index in [1.807, 2.05) is 6.07 Å². The van der Waals surface area contributed by atoms with Crippen LogP contribution in [0.15, 0.2) is 35.5 Å². The highest BCUT2D eigenvalue weighted by atomic mass is 16.5. The maximum atomic E-state index is 13.2. The lowest BCUT2D eigenvalue weighted by atomic mass is 10.0. The summed E-state index contributed by atoms with van der Waals surface area (Å²) in [4.78, 5) is 51.4. The van der Waals surface area contributed by atoms with Gasteiger partial charge in [-0.05, 0) is 31.4 Å². The third-order valence-electron chi connectivity index (χ3n) is 5.98. The van der Waals surface area contributed by atoms with Crippen LogP contribution in [0.1, 0.15) is 39.3 Å². The predicted octanol–water partition coefficient (Wildman–Crippen LogP) is 2.12. The van der Waals surface area contributed by atoms with Crippen molar-refractivity contribution in [2.75, 3.05) is 42.3 Å². The Labute approximate surface area is 212 Å². The number of nitriles is 1. The lowest BCUT2D eigenvalue weighted by molar-refractivity contribution is 0.111. The number of nitrogens with zero attached hydrogens (tertiary/aromatic N) is 6. The van der Waals surface area contributed by atoms with Crippen LogP contribution in [0.25, 0.3) is 0 Å². The van der Waals surface area contributed by atoms with Crippen molar-refractivity contribution in [1.82, 2.24) is 19.5 Å². The van der Waals surface area contributed by atoms with Crippen molar-refractivity contribution >= 4 is 29.6 Å². The number of carbonyl (C=O) groups is 2. The molecule has 0 bridgehead atoms. The van der Waals surface area contributed by atoms with Crippen LogP contribution in [0.5, 0.6) is 0 Å². The van der Waals surface area contributed by atoms with Crippen molar-refractivity contribution in [3.8, 4) is 6.07 Å². The summed E-state index contributed by atoms with van der Waals surface area (Å²) in [5.74, 6) is 0.649. The van der Waals surface area contributed by atoms with Gasteiger partial charge in [-0.2, -0.15) is 5.26 Å². The fraction of sp³-hybridized carbons (Fsp3) is 0.320. The van der Waals surface area contributed by atoms with E-state index in [1.165, 1.54) is 21.9 Å². The van der Waals surface area contributed by atoms with Crippen LogP contribution in [0, 0.1) is 18.3 Å². The Bertz CT molecular complexity index is 1430. The first-order valence-corrected chi connectivity index (χ1v) is 11.7. The van der Waals surface area contributed by atoms with Crippen LogP contribution in [0.3, 0.4) is 0 Å². The summed E-state index contributed by atoms with van der Waals surface area (Å²) in [6.07, 6.45) is 6.18. The van der Waals surface area contributed by atoms with Crippen molar-refractivity contribution in [3.05, 3.63) is 69.2 Å². The van der Waals surface area contributed by atoms with Crippen LogP contribution in [-0.2, 0) is 17.7 Å². The second-order valence-corrected chi connectivity index (χ2v) is 8.44. The van der Waals surface area contributed by atoms with E-state index >= 15 is 0 Å². The number of urea groups is 1. The molecule has 0 spiro atoms. The van der Waals surface area contributed by atoms with E-state index < -0.39 is 6.03 Å². The Kier molecular flexibility index (Phi) is 7.85. The fourth-order valence-electron chi connectivity index (χ4n) is 4.10. The van der Waals surface area contributed by atoms with E-state index in [-0.39, 0.29) is 23.6 Å². The zero-order valence-corrected chi connectivity index (χ0v) is 20.5. The molecule has 1 aliphatic rings. The molecule has 190 valence electrons. The van der Waals surface area contributed by atoms with Crippen molar-refractivity contribution in [3.63, 3.8) is 0 Å². The van der Waals surface area contributed by atoms with Crippen molar-refractivity contribution in [1.29, 1.82) is 5.26 Å². The average Bonchev–Trinajstić information content (AvgIpc) is 2.90. The molecule has 3 aromatic rings. The van der Waals surface area contributed by atoms with E-state index in [4.69, 9.17) is 4.74 Å². The normalized spacial score (nSPS) is 12.4. The molecular weight excluding hydrogens is 476 g/mol. The molecule has 0 atom stereocenters. The Hall–Kier alpha value is -4.63. The molecular formula is C25H26N8O4. The highest BCUT2D eigenvalue weighted by Gasteiger charge is 2.26. The van der Waals surface area contributed by atoms with Gasteiger partial charge in [0.25, 0.3) is 5.56 Å². The number of ether oxygens (including phenoxy) is 1. The molecule has 0 aliphatic carbocycles. The van der Waals surface area contributed by atoms with Gasteiger partial charge in [-0.1, -0.05) is 0 Å². The molecule has 3 aromatic heterocycles. The largest absolute Gasteiger partial charge is 0.383 e. The Morgan fingerprint density at radius 2 is 2.14 bits per heavy atom. The van der Waals surface area contributed by atoms with Gasteiger partial charge in [0.15, 0.2) is 6.29 Å². The maximum Gasteiger partial charge on any atom is 0.328 e. The molecule has 0 saturated heterocycles. The summed E-state index contributed by atoms with van der Waals surface area (Å²) in [6.45, 7) is 3.27. The Morgan fingerprint density at radius 1 is 1.30 bits per heavy atom. The van der Waals surface area contributed by atoms with E-state index in [0.29, 0.717) is 67.2 Å². The molecule has 0 unspecified atom stereocenters. The van der Waals surface area contributed by atoms with E-state index in [0.717, 1.165) is 5.56 Å². The smallest absolute Gasteiger partial charge is 0.328 e. The molecule has 0 saturated carbocycles. The standard InChI is InChI=1S/C25H26N8O4/c1-16-11-27-13-23(35)33(16)14-18-8-17-4-3-6-32(24(17)30-21(18)15-34)25(36)31-22-9-20(28-5-7-37-2)19(10-26)12-29-22/h8-9,11-13,15H,3-7,14H2,1-2H3,(H2,28,29,31,36). The minimum atomic E-state index is -0.459. The van der Waals surface area contributed by atoms with Crippen LogP contribution in [0.2, 0.25) is 0 Å². The van der Waals surface area contributed by atoms with Crippen LogP contribution >= 0.6 is 0 Å². The number of pyridine rings is 2. The number of nitrogens with one attached hydrogen (secondary N) is 2. The molecule has 0 radical (unpaired) electrons. The van der Waals surface area contributed by atoms with Crippen molar-refractivity contribution in [2.24, 2.45) is 0 Å². The number of aldehydes is 1. The maximum absolute atomic E-state index is 13.2. The van der Waals surface area contributed by atoms with Gasteiger partial charge in [0.2, 0.25) is 0 Å². The van der Waals surface area contributed by atoms with E-state index in [2.05, 4.69) is 31.7 Å². The van der Waals surface area contributed by atoms with Gasteiger partial charge in [0, 0.05) is 49.9 Å². The van der Waals surface area contributed by atoms with Gasteiger partial charge in [-0.25, -0.2) is 14.8 Å². The molecule has 0 fully saturated rings. The van der Waals surface area contributed by atoms with Gasteiger partial charge in [-0.15, -0.1) is 0 Å². The number of aryl methyl sites for hydroxylation is 2. The monoisotopic (exact) mass is 502 g/mol. The summed E-state index contributed by atoms with van der Waals surface area (Å²) < 4.78 is 6.55. The van der Waals surface area contributed by atoms with Gasteiger partial charge in [0.05, 0.1) is 30.6 Å². The third kappa shape index (κ3) is 5.62. The number of fused-ring (bicyclic) bond motifs is 1. The molecule has 12 nitrogen and oxygen atoms in total. The zero-order chi connectivity index (χ0) is 26.4. The fourth-order valence-corrected chi connectivity index (χ4v) is 4.10. The molecule has 2 N–H and O–H groups in total. The summed E-state index contributed by atoms with van der Waals surface area (Å²) in [7, 11) is 1.58. The highest BCUT2D eigenvalue weighted by molar-refractivity contribution is 6.01. The summed E-state index contributed by atoms with van der Waals surface area (Å²) in [5, 5.41) is 15.2. The lowest BCUT2D eigenvalue weighted by Gasteiger charge is -2.29. The number of anilines is 3. The first-order chi connectivity index (χ1) is 17.9. The minimum absolute atomic E-state index is 0.155. The molecule has 12 heteroatoms. The predicted molar refractivity (Wildman–Crippen MR) is 136 cm³/mol. The number of rotatable bonds is 8. The van der Waals surface area contributed by atoms with Gasteiger partial charge in [0.1, 0.15) is 23.4 Å². The molecule has 4 heterocycles. The molecule has 37 heavy (non-hydrogen) atoms. The van der Waals surface area contributed by atoms with E-state index in [9.17, 15) is 19.6 Å². The first-order valence-electron chi connectivity index (χ1n) is 11.7. The number of methoxy groups -OCH3 is 1. The number of aromatic nitrogens is 4. The Morgan fingerprint density at radius 3 is 2.86 bits per heavy atom. The SMILES string of the molecule is COCCNc1cc(NC(=O)N2CCCc3cc(Cn4c(C)cncc4=O)c(C=O)nc32)ncc1C#N. The zero-order valence-electron chi connectivity index (χ0n) is 20.5. The topological polar surface area (TPSA) is 155 Å². The van der Waals surface area contributed by atoms with Crippen LogP contribution in [-0.4, -0.2) is 58.6 Å². The summed E-state index contributed by atoms with van der Waals surface area (Å²) >= 11 is 0. The van der Waals surface area contributed by atoms with E-state index in [1.54, 1.807) is 26.3 Å². The van der Waals surface area contributed by atoms with Crippen molar-refractivity contribution < 1.29 is 14.3 Å². The third-order valence-corrected chi connectivity index (χ3v) is 5.98. The van der Waals surface area contributed by atoms with Gasteiger partial charge < -0.3 is 14.6 Å². The second kappa shape index (κ2) is 11.4. The molecule has 1 aliphatic heterocycles. The molecule has 2 amide bonds. The summed E-state index contributed by atoms with van der Waals surface area (Å²) in [6, 6.07) is 5.02. The first kappa shape index (κ1) is 25.5. The van der Waals surface area contributed by atoms with Crippen molar-refractivity contribution in [2.45, 2.75) is 26.3 Å². The summed E-state index contributed by atoms with van der Waals surface area (Å²) in [5.41, 5.74) is 2.80. The van der Waals surface area contributed by atoms with Gasteiger partial charge in [-0.3, -0.25) is 24.8 Å². The highest BCUT2D eigenvalue weighted by Crippen LogP contribution is 2.28. The number of carbonyl (C=O) groups excluding carboxylic acids is 2. The quantitative estimate of drug-likeness (QED) is 0.348. The molecule has 4 rings (SSSR count). The lowest BCUT2D eigenvalue weighted by Crippen LogP contribution is -2.40. The van der Waals surface area contributed by atoms with Crippen LogP contribution in [0.4, 0.5) is 22.1 Å².